The molecule has 2 aromatic heterocycles. The number of benzene rings is 1. The number of aryl methyl sites for hydroxylation is 1. The van der Waals surface area contributed by atoms with E-state index in [1.165, 1.54) is 0 Å². The summed E-state index contributed by atoms with van der Waals surface area (Å²) in [5.41, 5.74) is 3.00. The molecule has 2 N–H and O–H groups in total. The second-order valence-corrected chi connectivity index (χ2v) is 5.74. The molecule has 26 heavy (non-hydrogen) atoms. The number of aromatic nitrogens is 3. The molecule has 0 bridgehead atoms. The average Bonchev–Trinajstić information content (AvgIpc) is 3.04. The van der Waals surface area contributed by atoms with Crippen molar-refractivity contribution >= 4 is 23.2 Å². The lowest BCUT2D eigenvalue weighted by atomic mass is 10.1. The minimum Gasteiger partial charge on any atom is -0.326 e. The van der Waals surface area contributed by atoms with Crippen LogP contribution in [0.3, 0.4) is 0 Å². The van der Waals surface area contributed by atoms with Gasteiger partial charge in [-0.05, 0) is 30.3 Å². The molecule has 0 aliphatic carbocycles. The van der Waals surface area contributed by atoms with Gasteiger partial charge in [-0.2, -0.15) is 5.10 Å². The molecule has 132 valence electrons. The molecule has 0 fully saturated rings. The van der Waals surface area contributed by atoms with Gasteiger partial charge < -0.3 is 10.6 Å². The van der Waals surface area contributed by atoms with Gasteiger partial charge in [-0.15, -0.1) is 0 Å². The van der Waals surface area contributed by atoms with Gasteiger partial charge in [0.1, 0.15) is 5.69 Å². The van der Waals surface area contributed by atoms with Crippen LogP contribution in [0.4, 0.5) is 11.4 Å². The van der Waals surface area contributed by atoms with E-state index in [9.17, 15) is 9.59 Å². The molecule has 0 spiro atoms. The Balaban J connectivity index is 1.83. The van der Waals surface area contributed by atoms with E-state index in [1.54, 1.807) is 67.6 Å². The van der Waals surface area contributed by atoms with Crippen LogP contribution >= 0.6 is 0 Å². The van der Waals surface area contributed by atoms with Gasteiger partial charge in [0.2, 0.25) is 5.91 Å². The highest BCUT2D eigenvalue weighted by atomic mass is 16.2. The SMILES string of the molecule is CCC(=O)Nc1cccc(NC(=O)c2cn(C)nc2-c2cccnc2)c1. The van der Waals surface area contributed by atoms with Crippen molar-refractivity contribution in [3.63, 3.8) is 0 Å². The quantitative estimate of drug-likeness (QED) is 0.741. The Labute approximate surface area is 151 Å². The van der Waals surface area contributed by atoms with E-state index in [2.05, 4.69) is 20.7 Å². The summed E-state index contributed by atoms with van der Waals surface area (Å²) < 4.78 is 1.59. The number of carbonyl (C=O) groups is 2. The molecular formula is C19H19N5O2. The summed E-state index contributed by atoms with van der Waals surface area (Å²) in [5.74, 6) is -0.365. The van der Waals surface area contributed by atoms with Crippen LogP contribution in [0.25, 0.3) is 11.3 Å². The van der Waals surface area contributed by atoms with E-state index in [0.717, 1.165) is 5.56 Å². The largest absolute Gasteiger partial charge is 0.326 e. The van der Waals surface area contributed by atoms with E-state index >= 15 is 0 Å². The number of nitrogens with one attached hydrogen (secondary N) is 2. The van der Waals surface area contributed by atoms with E-state index in [1.807, 2.05) is 6.07 Å². The molecule has 0 saturated heterocycles. The van der Waals surface area contributed by atoms with Crippen molar-refractivity contribution < 1.29 is 9.59 Å². The average molecular weight is 349 g/mol. The molecule has 0 radical (unpaired) electrons. The number of rotatable bonds is 5. The Bertz CT molecular complexity index is 934. The molecule has 0 saturated carbocycles. The van der Waals surface area contributed by atoms with Crippen LogP contribution in [0.2, 0.25) is 0 Å². The Morgan fingerprint density at radius 3 is 2.58 bits per heavy atom. The van der Waals surface area contributed by atoms with Crippen molar-refractivity contribution in [2.24, 2.45) is 7.05 Å². The first kappa shape index (κ1) is 17.3. The maximum atomic E-state index is 12.7. The third-order valence-electron chi connectivity index (χ3n) is 3.73. The molecule has 1 aromatic carbocycles. The number of hydrogen-bond acceptors (Lipinski definition) is 4. The fourth-order valence-electron chi connectivity index (χ4n) is 2.49. The predicted molar refractivity (Wildman–Crippen MR) is 99.8 cm³/mol. The predicted octanol–water partition coefficient (Wildman–Crippen LogP) is 3.08. The van der Waals surface area contributed by atoms with Crippen LogP contribution in [-0.4, -0.2) is 26.6 Å². The van der Waals surface area contributed by atoms with Gasteiger partial charge in [-0.3, -0.25) is 19.3 Å². The minimum atomic E-state index is -0.282. The molecule has 0 aliphatic heterocycles. The molecular weight excluding hydrogens is 330 g/mol. The summed E-state index contributed by atoms with van der Waals surface area (Å²) in [6, 6.07) is 10.7. The third-order valence-corrected chi connectivity index (χ3v) is 3.73. The fourth-order valence-corrected chi connectivity index (χ4v) is 2.49. The first-order valence-electron chi connectivity index (χ1n) is 8.22. The number of hydrogen-bond donors (Lipinski definition) is 2. The van der Waals surface area contributed by atoms with E-state index in [0.29, 0.717) is 29.1 Å². The van der Waals surface area contributed by atoms with Crippen LogP contribution in [0.15, 0.2) is 55.0 Å². The van der Waals surface area contributed by atoms with Crippen molar-refractivity contribution in [1.29, 1.82) is 0 Å². The highest BCUT2D eigenvalue weighted by Crippen LogP contribution is 2.23. The highest BCUT2D eigenvalue weighted by Gasteiger charge is 2.17. The fraction of sp³-hybridized carbons (Fsp3) is 0.158. The highest BCUT2D eigenvalue weighted by molar-refractivity contribution is 6.08. The van der Waals surface area contributed by atoms with Crippen LogP contribution in [0.1, 0.15) is 23.7 Å². The normalized spacial score (nSPS) is 10.4. The molecule has 0 unspecified atom stereocenters. The van der Waals surface area contributed by atoms with Crippen molar-refractivity contribution in [1.82, 2.24) is 14.8 Å². The number of nitrogens with zero attached hydrogens (tertiary/aromatic N) is 3. The van der Waals surface area contributed by atoms with Crippen LogP contribution < -0.4 is 10.6 Å². The molecule has 2 amide bonds. The second kappa shape index (κ2) is 7.60. The Morgan fingerprint density at radius 2 is 1.88 bits per heavy atom. The van der Waals surface area contributed by atoms with Gasteiger partial charge >= 0.3 is 0 Å². The number of carbonyl (C=O) groups excluding carboxylic acids is 2. The maximum Gasteiger partial charge on any atom is 0.259 e. The topological polar surface area (TPSA) is 88.9 Å². The van der Waals surface area contributed by atoms with Crippen molar-refractivity contribution in [3.05, 3.63) is 60.6 Å². The number of pyridine rings is 1. The van der Waals surface area contributed by atoms with Gasteiger partial charge in [0.15, 0.2) is 0 Å². The lowest BCUT2D eigenvalue weighted by Crippen LogP contribution is -2.13. The lowest BCUT2D eigenvalue weighted by Gasteiger charge is -2.08. The summed E-state index contributed by atoms with van der Waals surface area (Å²) in [6.07, 6.45) is 5.39. The van der Waals surface area contributed by atoms with Crippen LogP contribution in [0, 0.1) is 0 Å². The minimum absolute atomic E-state index is 0.0837. The summed E-state index contributed by atoms with van der Waals surface area (Å²) >= 11 is 0. The summed E-state index contributed by atoms with van der Waals surface area (Å²) in [5, 5.41) is 9.99. The second-order valence-electron chi connectivity index (χ2n) is 5.74. The van der Waals surface area contributed by atoms with Gasteiger partial charge in [-0.1, -0.05) is 13.0 Å². The van der Waals surface area contributed by atoms with Crippen molar-refractivity contribution in [2.75, 3.05) is 10.6 Å². The van der Waals surface area contributed by atoms with Gasteiger partial charge in [-0.25, -0.2) is 0 Å². The van der Waals surface area contributed by atoms with Crippen molar-refractivity contribution in [2.45, 2.75) is 13.3 Å². The lowest BCUT2D eigenvalue weighted by molar-refractivity contribution is -0.115. The Morgan fingerprint density at radius 1 is 1.12 bits per heavy atom. The zero-order valence-corrected chi connectivity index (χ0v) is 14.6. The van der Waals surface area contributed by atoms with Gasteiger partial charge in [0.05, 0.1) is 5.56 Å². The summed E-state index contributed by atoms with van der Waals surface area (Å²) in [4.78, 5) is 28.3. The van der Waals surface area contributed by atoms with Crippen LogP contribution in [-0.2, 0) is 11.8 Å². The number of anilines is 2. The first-order valence-corrected chi connectivity index (χ1v) is 8.22. The standard InChI is InChI=1S/C19H19N5O2/c1-3-17(25)21-14-7-4-8-15(10-14)22-19(26)16-12-24(2)23-18(16)13-6-5-9-20-11-13/h4-12H,3H2,1-2H3,(H,21,25)(H,22,26). The molecule has 0 aliphatic rings. The third kappa shape index (κ3) is 3.94. The summed E-state index contributed by atoms with van der Waals surface area (Å²) in [7, 11) is 1.76. The zero-order valence-electron chi connectivity index (χ0n) is 14.6. The first-order chi connectivity index (χ1) is 12.6. The summed E-state index contributed by atoms with van der Waals surface area (Å²) in [6.45, 7) is 1.78. The molecule has 7 nitrogen and oxygen atoms in total. The molecule has 3 rings (SSSR count). The van der Waals surface area contributed by atoms with E-state index in [-0.39, 0.29) is 11.8 Å². The van der Waals surface area contributed by atoms with Gasteiger partial charge in [0, 0.05) is 49.0 Å². The smallest absolute Gasteiger partial charge is 0.259 e. The van der Waals surface area contributed by atoms with Crippen LogP contribution in [0.5, 0.6) is 0 Å². The molecule has 3 aromatic rings. The maximum absolute atomic E-state index is 12.7. The Hall–Kier alpha value is -3.48. The Kier molecular flexibility index (Phi) is 5.07. The zero-order chi connectivity index (χ0) is 18.5. The molecule has 2 heterocycles. The van der Waals surface area contributed by atoms with E-state index < -0.39 is 0 Å². The van der Waals surface area contributed by atoms with Gasteiger partial charge in [0.25, 0.3) is 5.91 Å². The monoisotopic (exact) mass is 349 g/mol. The van der Waals surface area contributed by atoms with Crippen molar-refractivity contribution in [3.8, 4) is 11.3 Å². The number of amides is 2. The van der Waals surface area contributed by atoms with E-state index in [4.69, 9.17) is 0 Å². The molecule has 0 atom stereocenters. The molecule has 7 heteroatoms.